The van der Waals surface area contributed by atoms with Crippen LogP contribution in [0.15, 0.2) is 24.3 Å². The smallest absolute Gasteiger partial charge is 0.407 e. The zero-order valence-electron chi connectivity index (χ0n) is 17.4. The van der Waals surface area contributed by atoms with E-state index in [9.17, 15) is 9.59 Å². The topological polar surface area (TPSA) is 101 Å². The van der Waals surface area contributed by atoms with Gasteiger partial charge in [-0.25, -0.2) is 10.2 Å². The molecule has 0 spiro atoms. The standard InChI is InChI=1S/C21H32N4O4/c1-13(2)22-21(27)29-17-9-6-15(11-17)18-12-19(25-24-18)23-20(26)10-14-4-7-16(28-3)8-5-14/h4-5,7-8,13,15,17-19,24-25H,6,9-12H2,1-3H3,(H,22,27)(H,23,26)/t15-,17+,18?,19?/m0/s1. The summed E-state index contributed by atoms with van der Waals surface area (Å²) in [5.74, 6) is 1.18. The summed E-state index contributed by atoms with van der Waals surface area (Å²) in [5.41, 5.74) is 7.43. The third kappa shape index (κ3) is 6.33. The van der Waals surface area contributed by atoms with Gasteiger partial charge >= 0.3 is 6.09 Å². The molecule has 1 aliphatic carbocycles. The summed E-state index contributed by atoms with van der Waals surface area (Å²) in [4.78, 5) is 24.1. The van der Waals surface area contributed by atoms with Gasteiger partial charge in [-0.1, -0.05) is 12.1 Å². The fraction of sp³-hybridized carbons (Fsp3) is 0.619. The minimum Gasteiger partial charge on any atom is -0.497 e. The highest BCUT2D eigenvalue weighted by Crippen LogP contribution is 2.32. The summed E-state index contributed by atoms with van der Waals surface area (Å²) in [6, 6.07) is 7.83. The van der Waals surface area contributed by atoms with E-state index in [2.05, 4.69) is 21.5 Å². The minimum absolute atomic E-state index is 0.0203. The van der Waals surface area contributed by atoms with E-state index in [1.54, 1.807) is 7.11 Å². The van der Waals surface area contributed by atoms with Gasteiger partial charge in [0.2, 0.25) is 5.91 Å². The zero-order chi connectivity index (χ0) is 20.8. The molecule has 2 aliphatic rings. The Balaban J connectivity index is 1.39. The lowest BCUT2D eigenvalue weighted by molar-refractivity contribution is -0.121. The summed E-state index contributed by atoms with van der Waals surface area (Å²) < 4.78 is 10.6. The number of benzene rings is 1. The van der Waals surface area contributed by atoms with Crippen molar-refractivity contribution in [3.8, 4) is 5.75 Å². The number of nitrogens with one attached hydrogen (secondary N) is 4. The van der Waals surface area contributed by atoms with E-state index in [1.807, 2.05) is 38.1 Å². The van der Waals surface area contributed by atoms with E-state index in [4.69, 9.17) is 9.47 Å². The molecule has 0 bridgehead atoms. The van der Waals surface area contributed by atoms with E-state index < -0.39 is 0 Å². The summed E-state index contributed by atoms with van der Waals surface area (Å²) >= 11 is 0. The number of hydrogen-bond donors (Lipinski definition) is 4. The molecule has 1 heterocycles. The lowest BCUT2D eigenvalue weighted by Crippen LogP contribution is -2.45. The van der Waals surface area contributed by atoms with Crippen molar-refractivity contribution in [2.24, 2.45) is 5.92 Å². The van der Waals surface area contributed by atoms with Crippen molar-refractivity contribution in [1.82, 2.24) is 21.5 Å². The number of hydrazine groups is 1. The van der Waals surface area contributed by atoms with Gasteiger partial charge in [-0.2, -0.15) is 0 Å². The second-order valence-corrected chi connectivity index (χ2v) is 8.18. The van der Waals surface area contributed by atoms with E-state index >= 15 is 0 Å². The van der Waals surface area contributed by atoms with Crippen LogP contribution in [0.25, 0.3) is 0 Å². The van der Waals surface area contributed by atoms with Crippen LogP contribution in [0, 0.1) is 5.92 Å². The van der Waals surface area contributed by atoms with Crippen molar-refractivity contribution < 1.29 is 19.1 Å². The fourth-order valence-corrected chi connectivity index (χ4v) is 4.03. The lowest BCUT2D eigenvalue weighted by atomic mass is 9.96. The Bertz CT molecular complexity index is 694. The van der Waals surface area contributed by atoms with E-state index in [0.29, 0.717) is 12.3 Å². The molecule has 2 unspecified atom stereocenters. The first-order valence-electron chi connectivity index (χ1n) is 10.3. The minimum atomic E-state index is -0.341. The number of amides is 2. The molecule has 0 radical (unpaired) electrons. The van der Waals surface area contributed by atoms with Gasteiger partial charge in [0, 0.05) is 12.1 Å². The van der Waals surface area contributed by atoms with Crippen LogP contribution in [0.2, 0.25) is 0 Å². The highest BCUT2D eigenvalue weighted by Gasteiger charge is 2.37. The predicted molar refractivity (Wildman–Crippen MR) is 109 cm³/mol. The second kappa shape index (κ2) is 9.93. The van der Waals surface area contributed by atoms with Gasteiger partial charge in [-0.05, 0) is 63.1 Å². The Hall–Kier alpha value is -2.32. The molecule has 4 atom stereocenters. The normalized spacial score (nSPS) is 26.3. The maximum atomic E-state index is 12.3. The molecule has 1 saturated heterocycles. The van der Waals surface area contributed by atoms with Crippen LogP contribution in [-0.4, -0.2) is 43.5 Å². The summed E-state index contributed by atoms with van der Waals surface area (Å²) in [7, 11) is 1.62. The van der Waals surface area contributed by atoms with Crippen LogP contribution in [0.3, 0.4) is 0 Å². The molecule has 1 aliphatic heterocycles. The van der Waals surface area contributed by atoms with E-state index in [-0.39, 0.29) is 36.4 Å². The van der Waals surface area contributed by atoms with Crippen molar-refractivity contribution in [3.05, 3.63) is 29.8 Å². The Morgan fingerprint density at radius 1 is 1.14 bits per heavy atom. The molecule has 1 saturated carbocycles. The highest BCUT2D eigenvalue weighted by molar-refractivity contribution is 5.78. The zero-order valence-corrected chi connectivity index (χ0v) is 17.4. The molecule has 8 heteroatoms. The second-order valence-electron chi connectivity index (χ2n) is 8.18. The molecule has 8 nitrogen and oxygen atoms in total. The molecule has 0 aromatic heterocycles. The van der Waals surface area contributed by atoms with Crippen LogP contribution >= 0.6 is 0 Å². The fourth-order valence-electron chi connectivity index (χ4n) is 4.03. The van der Waals surface area contributed by atoms with Crippen LogP contribution in [0.5, 0.6) is 5.75 Å². The monoisotopic (exact) mass is 404 g/mol. The average Bonchev–Trinajstić information content (AvgIpc) is 3.31. The molecule has 2 fully saturated rings. The van der Waals surface area contributed by atoms with Crippen LogP contribution in [0.1, 0.15) is 45.1 Å². The van der Waals surface area contributed by atoms with Gasteiger partial charge in [0.05, 0.1) is 19.7 Å². The van der Waals surface area contributed by atoms with Gasteiger partial charge < -0.3 is 20.1 Å². The number of hydrogen-bond acceptors (Lipinski definition) is 6. The Morgan fingerprint density at radius 3 is 2.59 bits per heavy atom. The number of alkyl carbamates (subject to hydrolysis) is 1. The summed E-state index contributed by atoms with van der Waals surface area (Å²) in [6.45, 7) is 3.83. The molecule has 1 aromatic carbocycles. The summed E-state index contributed by atoms with van der Waals surface area (Å²) in [5, 5.41) is 5.80. The average molecular weight is 405 g/mol. The first-order chi connectivity index (χ1) is 13.9. The largest absolute Gasteiger partial charge is 0.497 e. The Kier molecular flexibility index (Phi) is 7.33. The van der Waals surface area contributed by atoms with Crippen LogP contribution in [-0.2, 0) is 16.0 Å². The van der Waals surface area contributed by atoms with Crippen molar-refractivity contribution >= 4 is 12.0 Å². The number of ether oxygens (including phenoxy) is 2. The molecular weight excluding hydrogens is 372 g/mol. The van der Waals surface area contributed by atoms with Crippen LogP contribution < -0.4 is 26.2 Å². The van der Waals surface area contributed by atoms with Crippen molar-refractivity contribution in [2.75, 3.05) is 7.11 Å². The van der Waals surface area contributed by atoms with Gasteiger partial charge in [-0.15, -0.1) is 0 Å². The molecule has 1 aromatic rings. The SMILES string of the molecule is COc1ccc(CC(=O)NC2CC([C@H]3CC[C@@H](OC(=O)NC(C)C)C3)NN2)cc1. The maximum absolute atomic E-state index is 12.3. The number of carbonyl (C=O) groups is 2. The van der Waals surface area contributed by atoms with Gasteiger partial charge in [0.1, 0.15) is 11.9 Å². The van der Waals surface area contributed by atoms with Gasteiger partial charge in [0.15, 0.2) is 0 Å². The van der Waals surface area contributed by atoms with Gasteiger partial charge in [-0.3, -0.25) is 10.2 Å². The van der Waals surface area contributed by atoms with Crippen molar-refractivity contribution in [2.45, 2.75) is 70.3 Å². The van der Waals surface area contributed by atoms with Crippen molar-refractivity contribution in [3.63, 3.8) is 0 Å². The molecule has 2 amide bonds. The Labute approximate surface area is 172 Å². The first-order valence-corrected chi connectivity index (χ1v) is 10.3. The molecule has 3 rings (SSSR count). The lowest BCUT2D eigenvalue weighted by Gasteiger charge is -2.18. The molecular formula is C21H32N4O4. The van der Waals surface area contributed by atoms with E-state index in [1.165, 1.54) is 0 Å². The number of methoxy groups -OCH3 is 1. The third-order valence-electron chi connectivity index (χ3n) is 5.47. The molecule has 29 heavy (non-hydrogen) atoms. The highest BCUT2D eigenvalue weighted by atomic mass is 16.6. The molecule has 4 N–H and O–H groups in total. The van der Waals surface area contributed by atoms with Crippen molar-refractivity contribution in [1.29, 1.82) is 0 Å². The number of rotatable bonds is 7. The third-order valence-corrected chi connectivity index (χ3v) is 5.47. The van der Waals surface area contributed by atoms with Gasteiger partial charge in [0.25, 0.3) is 0 Å². The summed E-state index contributed by atoms with van der Waals surface area (Å²) in [6.07, 6.45) is 3.39. The predicted octanol–water partition coefficient (Wildman–Crippen LogP) is 1.85. The maximum Gasteiger partial charge on any atom is 0.407 e. The number of carbonyl (C=O) groups excluding carboxylic acids is 2. The molecule has 160 valence electrons. The quantitative estimate of drug-likeness (QED) is 0.553. The van der Waals surface area contributed by atoms with E-state index in [0.717, 1.165) is 37.0 Å². The van der Waals surface area contributed by atoms with Crippen LogP contribution in [0.4, 0.5) is 4.79 Å². The Morgan fingerprint density at radius 2 is 1.90 bits per heavy atom. The first kappa shape index (κ1) is 21.4.